The number of carbonyl (C=O) groups is 2. The number of hydrogen-bond acceptors (Lipinski definition) is 3. The van der Waals surface area contributed by atoms with Crippen LogP contribution in [0.25, 0.3) is 0 Å². The molecule has 0 aromatic carbocycles. The van der Waals surface area contributed by atoms with Gasteiger partial charge in [-0.1, -0.05) is 0 Å². The fourth-order valence-corrected chi connectivity index (χ4v) is 1.12. The van der Waals surface area contributed by atoms with E-state index >= 15 is 0 Å². The number of nitrogens with one attached hydrogen (secondary N) is 1. The van der Waals surface area contributed by atoms with Crippen LogP contribution in [0.15, 0.2) is 0 Å². The highest BCUT2D eigenvalue weighted by atomic mass is 16.2. The summed E-state index contributed by atoms with van der Waals surface area (Å²) in [4.78, 5) is 22.2. The number of likely N-dealkylation sites (N-methyl/N-ethyl adjacent to an activating group) is 1. The molecule has 0 aliphatic carbocycles. The van der Waals surface area contributed by atoms with Crippen LogP contribution in [-0.2, 0) is 9.59 Å². The first-order chi connectivity index (χ1) is 7.84. The van der Waals surface area contributed by atoms with Gasteiger partial charge in [-0.3, -0.25) is 25.6 Å². The second-order valence-corrected chi connectivity index (χ2v) is 3.99. The van der Waals surface area contributed by atoms with Gasteiger partial charge in [0.05, 0.1) is 13.1 Å². The van der Waals surface area contributed by atoms with Crippen molar-refractivity contribution in [2.45, 2.75) is 25.8 Å². The van der Waals surface area contributed by atoms with Crippen LogP contribution in [0.3, 0.4) is 0 Å². The minimum absolute atomic E-state index is 0.0402. The summed E-state index contributed by atoms with van der Waals surface area (Å²) in [5.41, 5.74) is 16.1. The minimum atomic E-state index is -0.442. The van der Waals surface area contributed by atoms with Crippen LogP contribution in [0.4, 0.5) is 0 Å². The smallest absolute Gasteiger partial charge is 0.341 e. The third kappa shape index (κ3) is 7.29. The summed E-state index contributed by atoms with van der Waals surface area (Å²) in [7, 11) is 1.63. The largest absolute Gasteiger partial charge is 0.353 e. The van der Waals surface area contributed by atoms with Crippen molar-refractivity contribution >= 4 is 17.6 Å². The molecule has 0 radical (unpaired) electrons. The lowest BCUT2D eigenvalue weighted by molar-refractivity contribution is -0.487. The van der Waals surface area contributed by atoms with E-state index in [1.54, 1.807) is 7.05 Å². The molecular weight excluding hydrogens is 222 g/mol. The molecule has 7 N–H and O–H groups in total. The molecule has 1 atom stereocenters. The fraction of sp³-hybridized carbons (Fsp3) is 0.700. The summed E-state index contributed by atoms with van der Waals surface area (Å²) in [6.45, 7) is 2.05. The van der Waals surface area contributed by atoms with Crippen LogP contribution >= 0.6 is 0 Å². The third-order valence-electron chi connectivity index (χ3n) is 2.36. The zero-order chi connectivity index (χ0) is 13.4. The average Bonchev–Trinajstić information content (AvgIpc) is 2.23. The Labute approximate surface area is 101 Å². The molecule has 0 aliphatic heterocycles. The Balaban J connectivity index is 3.73. The van der Waals surface area contributed by atoms with E-state index in [1.165, 1.54) is 11.5 Å². The van der Waals surface area contributed by atoms with Crippen molar-refractivity contribution < 1.29 is 14.2 Å². The summed E-state index contributed by atoms with van der Waals surface area (Å²) in [5, 5.41) is 2.69. The fourth-order valence-electron chi connectivity index (χ4n) is 1.12. The zero-order valence-corrected chi connectivity index (χ0v) is 10.4. The number of Topliss-reactive ketones (excluding diaryl/α,β-unsaturated/α-hetero) is 1. The predicted octanol–water partition coefficient (Wildman–Crippen LogP) is -2.29. The normalized spacial score (nSPS) is 11.7. The first-order valence-corrected chi connectivity index (χ1v) is 5.46. The lowest BCUT2D eigenvalue weighted by Gasteiger charge is -2.08. The highest BCUT2D eigenvalue weighted by Crippen LogP contribution is 1.94. The Morgan fingerprint density at radius 1 is 1.35 bits per heavy atom. The summed E-state index contributed by atoms with van der Waals surface area (Å²) < 4.78 is 1.44. The van der Waals surface area contributed by atoms with E-state index in [0.29, 0.717) is 19.4 Å². The molecule has 1 amide bonds. The average molecular weight is 244 g/mol. The highest BCUT2D eigenvalue weighted by molar-refractivity contribution is 5.81. The van der Waals surface area contributed by atoms with Gasteiger partial charge in [-0.2, -0.15) is 0 Å². The number of guanidine groups is 1. The van der Waals surface area contributed by atoms with Crippen LogP contribution in [0, 0.1) is 0 Å². The van der Waals surface area contributed by atoms with E-state index in [2.05, 4.69) is 5.32 Å². The molecule has 17 heavy (non-hydrogen) atoms. The van der Waals surface area contributed by atoms with Gasteiger partial charge in [-0.15, -0.1) is 0 Å². The summed E-state index contributed by atoms with van der Waals surface area (Å²) in [6, 6.07) is -0.442. The molecule has 0 heterocycles. The van der Waals surface area contributed by atoms with Gasteiger partial charge in [-0.05, 0) is 19.8 Å². The van der Waals surface area contributed by atoms with Crippen molar-refractivity contribution in [1.82, 2.24) is 5.32 Å². The lowest BCUT2D eigenvalue weighted by Crippen LogP contribution is -2.40. The van der Waals surface area contributed by atoms with E-state index in [0.717, 1.165) is 0 Å². The molecule has 0 aromatic heterocycles. The Kier molecular flexibility index (Phi) is 6.88. The second-order valence-electron chi connectivity index (χ2n) is 3.99. The van der Waals surface area contributed by atoms with E-state index in [9.17, 15) is 9.59 Å². The summed E-state index contributed by atoms with van der Waals surface area (Å²) >= 11 is 0. The number of nitrogens with two attached hydrogens (primary N) is 3. The maximum atomic E-state index is 11.4. The van der Waals surface area contributed by atoms with Crippen molar-refractivity contribution in [3.8, 4) is 0 Å². The number of rotatable bonds is 7. The van der Waals surface area contributed by atoms with E-state index in [-0.39, 0.29) is 24.2 Å². The number of nitrogens with zero attached hydrogens (tertiary/aromatic N) is 1. The molecule has 7 heteroatoms. The van der Waals surface area contributed by atoms with E-state index < -0.39 is 6.04 Å². The van der Waals surface area contributed by atoms with Gasteiger partial charge in [0.1, 0.15) is 12.3 Å². The molecule has 0 fully saturated rings. The molecule has 0 bridgehead atoms. The first kappa shape index (κ1) is 15.4. The first-order valence-electron chi connectivity index (χ1n) is 5.46. The SMILES string of the molecule is CC(=O)C(N)CCCNC(=O)C[N+](C)=C(N)N. The monoisotopic (exact) mass is 244 g/mol. The minimum Gasteiger partial charge on any atom is -0.353 e. The number of hydrogen-bond donors (Lipinski definition) is 4. The summed E-state index contributed by atoms with van der Waals surface area (Å²) in [5.74, 6) is -0.113. The maximum Gasteiger partial charge on any atom is 0.341 e. The van der Waals surface area contributed by atoms with Crippen molar-refractivity contribution in [3.05, 3.63) is 0 Å². The van der Waals surface area contributed by atoms with Crippen LogP contribution in [0.5, 0.6) is 0 Å². The Hall–Kier alpha value is -1.63. The number of carbonyl (C=O) groups excluding carboxylic acids is 2. The second kappa shape index (κ2) is 7.61. The van der Waals surface area contributed by atoms with Gasteiger partial charge in [0.15, 0.2) is 0 Å². The molecule has 0 aliphatic rings. The molecule has 98 valence electrons. The van der Waals surface area contributed by atoms with Gasteiger partial charge in [0.2, 0.25) is 0 Å². The van der Waals surface area contributed by atoms with Gasteiger partial charge in [0.25, 0.3) is 5.91 Å². The quantitative estimate of drug-likeness (QED) is 0.173. The number of amides is 1. The molecule has 0 saturated carbocycles. The highest BCUT2D eigenvalue weighted by Gasteiger charge is 2.08. The van der Waals surface area contributed by atoms with E-state index in [4.69, 9.17) is 17.2 Å². The molecule has 0 rings (SSSR count). The van der Waals surface area contributed by atoms with Gasteiger partial charge >= 0.3 is 5.96 Å². The van der Waals surface area contributed by atoms with Crippen LogP contribution in [0.1, 0.15) is 19.8 Å². The standard InChI is InChI=1S/C10H21N5O2/c1-7(16)8(11)4-3-5-14-9(17)6-15(2)10(12)13/h8H,3-6,11H2,1-2H3,(H4,12,13,14,17)/p+1. The lowest BCUT2D eigenvalue weighted by atomic mass is 10.1. The van der Waals surface area contributed by atoms with Crippen molar-refractivity contribution in [2.75, 3.05) is 20.1 Å². The predicted molar refractivity (Wildman–Crippen MR) is 65.3 cm³/mol. The number of ketones is 1. The molecule has 0 spiro atoms. The van der Waals surface area contributed by atoms with Gasteiger partial charge < -0.3 is 11.1 Å². The van der Waals surface area contributed by atoms with Crippen molar-refractivity contribution in [1.29, 1.82) is 0 Å². The van der Waals surface area contributed by atoms with E-state index in [1.807, 2.05) is 0 Å². The topological polar surface area (TPSA) is 127 Å². The van der Waals surface area contributed by atoms with Gasteiger partial charge in [-0.25, -0.2) is 0 Å². The molecule has 0 aromatic rings. The van der Waals surface area contributed by atoms with Gasteiger partial charge in [0, 0.05) is 6.54 Å². The Bertz CT molecular complexity index is 310. The van der Waals surface area contributed by atoms with Crippen LogP contribution in [0.2, 0.25) is 0 Å². The van der Waals surface area contributed by atoms with Crippen LogP contribution in [-0.4, -0.2) is 48.4 Å². The van der Waals surface area contributed by atoms with Crippen molar-refractivity contribution in [3.63, 3.8) is 0 Å². The maximum absolute atomic E-state index is 11.4. The van der Waals surface area contributed by atoms with Crippen LogP contribution < -0.4 is 22.5 Å². The summed E-state index contributed by atoms with van der Waals surface area (Å²) in [6.07, 6.45) is 1.23. The molecule has 7 nitrogen and oxygen atoms in total. The van der Waals surface area contributed by atoms with Crippen molar-refractivity contribution in [2.24, 2.45) is 17.2 Å². The Morgan fingerprint density at radius 2 is 1.94 bits per heavy atom. The Morgan fingerprint density at radius 3 is 2.41 bits per heavy atom. The molecule has 0 saturated heterocycles. The molecular formula is C10H22N5O2+. The zero-order valence-electron chi connectivity index (χ0n) is 10.4. The molecule has 1 unspecified atom stereocenters. The third-order valence-corrected chi connectivity index (χ3v) is 2.36.